The lowest BCUT2D eigenvalue weighted by Gasteiger charge is -2.05. The van der Waals surface area contributed by atoms with E-state index < -0.39 is 0 Å². The van der Waals surface area contributed by atoms with Gasteiger partial charge in [0.1, 0.15) is 0 Å². The van der Waals surface area contributed by atoms with Gasteiger partial charge in [0.15, 0.2) is 0 Å². The lowest BCUT2D eigenvalue weighted by atomic mass is 9.98. The number of fused-ring (bicyclic) bond motifs is 11. The molecule has 8 bridgehead atoms. The van der Waals surface area contributed by atoms with Crippen molar-refractivity contribution in [3.8, 4) is 0 Å². The summed E-state index contributed by atoms with van der Waals surface area (Å²) in [6.45, 7) is 18.0. The molecule has 0 unspecified atom stereocenters. The van der Waals surface area contributed by atoms with Crippen LogP contribution in [-0.4, -0.2) is 29.9 Å². The first kappa shape index (κ1) is 32.5. The number of aromatic nitrogens is 6. The average molecular weight is 627 g/mol. The second-order valence-electron chi connectivity index (χ2n) is 12.4. The van der Waals surface area contributed by atoms with Crippen molar-refractivity contribution in [2.75, 3.05) is 0 Å². The number of nitrogens with zero attached hydrogens (tertiary/aromatic N) is 3. The van der Waals surface area contributed by atoms with Crippen LogP contribution in [0.5, 0.6) is 0 Å². The Bertz CT molecular complexity index is 2190. The SMILES string of the molecule is CCC1=C(CC)c2nc1cc1[nH]c(c(CC)c1CC)c1[nH]c(cnc3ccccc3ncc3[nH]c2c(CC)c3CC)c(CC)c1CC. The van der Waals surface area contributed by atoms with E-state index in [9.17, 15) is 0 Å². The van der Waals surface area contributed by atoms with Crippen molar-refractivity contribution in [1.82, 2.24) is 29.9 Å². The van der Waals surface area contributed by atoms with Crippen LogP contribution in [0.25, 0.3) is 55.3 Å². The minimum absolute atomic E-state index is 0.846. The fourth-order valence-corrected chi connectivity index (χ4v) is 7.89. The number of nitrogens with one attached hydrogen (secondary N) is 3. The Morgan fingerprint density at radius 3 is 1.36 bits per heavy atom. The highest BCUT2D eigenvalue weighted by Gasteiger charge is 2.23. The predicted octanol–water partition coefficient (Wildman–Crippen LogP) is 10.7. The topological polar surface area (TPSA) is 86.0 Å². The monoisotopic (exact) mass is 626 g/mol. The van der Waals surface area contributed by atoms with Crippen LogP contribution in [0.2, 0.25) is 0 Å². The Morgan fingerprint density at radius 2 is 0.894 bits per heavy atom. The maximum Gasteiger partial charge on any atom is 0.0910 e. The number of aryl methyl sites for hydroxylation is 6. The molecule has 6 rings (SSSR count). The van der Waals surface area contributed by atoms with Gasteiger partial charge in [0.25, 0.3) is 0 Å². The number of rotatable bonds is 8. The molecule has 0 saturated heterocycles. The highest BCUT2D eigenvalue weighted by Crippen LogP contribution is 2.39. The van der Waals surface area contributed by atoms with Gasteiger partial charge in [-0.25, -0.2) is 4.98 Å². The summed E-state index contributed by atoms with van der Waals surface area (Å²) in [6, 6.07) is 10.5. The lowest BCUT2D eigenvalue weighted by molar-refractivity contribution is 1.07. The van der Waals surface area contributed by atoms with Gasteiger partial charge >= 0.3 is 0 Å². The summed E-state index contributed by atoms with van der Waals surface area (Å²) < 4.78 is 0. The summed E-state index contributed by atoms with van der Waals surface area (Å²) in [5.74, 6) is 0. The standard InChI is InChI=1S/C41H50N6/c1-9-24-28(13-5)38-40-30(15-7)26(11-3)36(46-40)22-42-32-19-17-18-20-33(32)43-23-37-27(12-4)31(16-8)41(47-37)39-29(14-6)25(10-2)35(45-39)21-34(24)44-38/h17-23,44,46-47H,9-16H2,1-8H3. The molecular weight excluding hydrogens is 576 g/mol. The van der Waals surface area contributed by atoms with Crippen molar-refractivity contribution >= 4 is 55.3 Å². The first-order valence-corrected chi connectivity index (χ1v) is 17.9. The molecular formula is C41H50N6. The van der Waals surface area contributed by atoms with E-state index in [4.69, 9.17) is 15.0 Å². The van der Waals surface area contributed by atoms with E-state index in [1.54, 1.807) is 0 Å². The van der Waals surface area contributed by atoms with Gasteiger partial charge < -0.3 is 15.0 Å². The first-order valence-electron chi connectivity index (χ1n) is 17.9. The minimum atomic E-state index is 0.846. The van der Waals surface area contributed by atoms with E-state index in [0.29, 0.717) is 0 Å². The van der Waals surface area contributed by atoms with Crippen molar-refractivity contribution in [3.63, 3.8) is 0 Å². The Kier molecular flexibility index (Phi) is 9.49. The largest absolute Gasteiger partial charge is 0.353 e. The maximum absolute atomic E-state index is 5.46. The molecule has 0 atom stereocenters. The van der Waals surface area contributed by atoms with Crippen LogP contribution >= 0.6 is 0 Å². The van der Waals surface area contributed by atoms with E-state index >= 15 is 0 Å². The quantitative estimate of drug-likeness (QED) is 0.160. The Balaban J connectivity index is 1.89. The number of hydrogen-bond donors (Lipinski definition) is 3. The zero-order valence-corrected chi connectivity index (χ0v) is 29.5. The smallest absolute Gasteiger partial charge is 0.0910 e. The van der Waals surface area contributed by atoms with Gasteiger partial charge in [0.2, 0.25) is 0 Å². The van der Waals surface area contributed by atoms with Gasteiger partial charge in [-0.05, 0) is 114 Å². The lowest BCUT2D eigenvalue weighted by Crippen LogP contribution is -1.89. The molecule has 0 radical (unpaired) electrons. The summed E-state index contributed by atoms with van der Waals surface area (Å²) >= 11 is 0. The third kappa shape index (κ3) is 5.52. The van der Waals surface area contributed by atoms with Crippen molar-refractivity contribution in [2.24, 2.45) is 0 Å². The van der Waals surface area contributed by atoms with E-state index in [0.717, 1.165) is 90.3 Å². The van der Waals surface area contributed by atoms with E-state index in [1.807, 2.05) is 36.7 Å². The van der Waals surface area contributed by atoms with Crippen LogP contribution < -0.4 is 0 Å². The second-order valence-corrected chi connectivity index (χ2v) is 12.4. The van der Waals surface area contributed by atoms with Crippen molar-refractivity contribution in [1.29, 1.82) is 0 Å². The molecule has 244 valence electrons. The van der Waals surface area contributed by atoms with Crippen molar-refractivity contribution < 1.29 is 0 Å². The van der Waals surface area contributed by atoms with Crippen LogP contribution in [0.4, 0.5) is 0 Å². The predicted molar refractivity (Wildman–Crippen MR) is 201 cm³/mol. The maximum atomic E-state index is 5.46. The molecule has 0 aliphatic carbocycles. The van der Waals surface area contributed by atoms with Crippen molar-refractivity contribution in [3.05, 3.63) is 87.5 Å². The number of H-pyrrole nitrogens is 3. The third-order valence-corrected chi connectivity index (χ3v) is 10.1. The van der Waals surface area contributed by atoms with Gasteiger partial charge in [-0.2, -0.15) is 0 Å². The molecule has 1 aliphatic rings. The number of allylic oxidation sites excluding steroid dienone is 2. The van der Waals surface area contributed by atoms with Crippen LogP contribution in [-0.2, 0) is 38.5 Å². The fourth-order valence-electron chi connectivity index (χ4n) is 7.89. The molecule has 1 aliphatic heterocycles. The van der Waals surface area contributed by atoms with Crippen LogP contribution in [0.1, 0.15) is 113 Å². The molecule has 6 nitrogen and oxygen atoms in total. The number of hydrogen-bond acceptors (Lipinski definition) is 3. The highest BCUT2D eigenvalue weighted by atomic mass is 14.8. The molecule has 5 aromatic rings. The summed E-state index contributed by atoms with van der Waals surface area (Å²) in [4.78, 5) is 27.1. The average Bonchev–Trinajstić information content (AvgIpc) is 3.84. The van der Waals surface area contributed by atoms with Gasteiger partial charge in [-0.1, -0.05) is 67.5 Å². The summed E-state index contributed by atoms with van der Waals surface area (Å²) in [6.07, 6.45) is 11.5. The van der Waals surface area contributed by atoms with Gasteiger partial charge in [-0.15, -0.1) is 0 Å². The molecule has 5 heterocycles. The normalized spacial score (nSPS) is 12.4. The second kappa shape index (κ2) is 13.7. The van der Waals surface area contributed by atoms with E-state index in [1.165, 1.54) is 61.1 Å². The molecule has 0 saturated carbocycles. The van der Waals surface area contributed by atoms with Crippen LogP contribution in [0, 0.1) is 0 Å². The fraction of sp³-hybridized carbons (Fsp3) is 0.390. The molecule has 1 aromatic carbocycles. The van der Waals surface area contributed by atoms with Crippen molar-refractivity contribution in [2.45, 2.75) is 107 Å². The molecule has 4 aromatic heterocycles. The molecule has 0 spiro atoms. The number of aromatic amines is 3. The Hall–Kier alpha value is -4.45. The highest BCUT2D eigenvalue weighted by molar-refractivity contribution is 5.98. The summed E-state index contributed by atoms with van der Waals surface area (Å²) in [5.41, 5.74) is 21.4. The molecule has 47 heavy (non-hydrogen) atoms. The van der Waals surface area contributed by atoms with Gasteiger partial charge in [0, 0.05) is 5.52 Å². The van der Waals surface area contributed by atoms with Crippen LogP contribution in [0.3, 0.4) is 0 Å². The van der Waals surface area contributed by atoms with E-state index in [2.05, 4.69) is 76.4 Å². The first-order chi connectivity index (χ1) is 23.0. The minimum Gasteiger partial charge on any atom is -0.353 e. The molecule has 6 heteroatoms. The third-order valence-electron chi connectivity index (χ3n) is 10.1. The Labute approximate surface area is 278 Å². The zero-order chi connectivity index (χ0) is 33.2. The van der Waals surface area contributed by atoms with Crippen LogP contribution in [0.15, 0.2) is 42.7 Å². The summed E-state index contributed by atoms with van der Waals surface area (Å²) in [7, 11) is 0. The Morgan fingerprint density at radius 1 is 0.468 bits per heavy atom. The number of benzene rings is 1. The van der Waals surface area contributed by atoms with Gasteiger partial charge in [-0.3, -0.25) is 9.97 Å². The molecule has 0 amide bonds. The zero-order valence-electron chi connectivity index (χ0n) is 29.5. The van der Waals surface area contributed by atoms with Gasteiger partial charge in [0.05, 0.1) is 62.4 Å². The number of para-hydroxylation sites is 2. The molecule has 3 N–H and O–H groups in total. The molecule has 0 fully saturated rings. The summed E-state index contributed by atoms with van der Waals surface area (Å²) in [5, 5.41) is 0. The van der Waals surface area contributed by atoms with E-state index in [-0.39, 0.29) is 0 Å².